The molecule has 170 valence electrons. The van der Waals surface area contributed by atoms with Crippen LogP contribution in [-0.2, 0) is 0 Å². The van der Waals surface area contributed by atoms with Crippen LogP contribution in [0.3, 0.4) is 0 Å². The molecule has 6 heteroatoms. The number of anilines is 1. The third-order valence-corrected chi connectivity index (χ3v) is 7.29. The first-order chi connectivity index (χ1) is 17.7. The zero-order chi connectivity index (χ0) is 24.6. The maximum absolute atomic E-state index is 13.5. The molecule has 0 saturated heterocycles. The maximum atomic E-state index is 13.5. The van der Waals surface area contributed by atoms with Gasteiger partial charge in [0.1, 0.15) is 17.5 Å². The number of carbonyl (C=O) groups is 1. The molecule has 3 N–H and O–H groups in total. The van der Waals surface area contributed by atoms with Crippen LogP contribution < -0.4 is 10.7 Å². The SMILES string of the molecule is N#Cc1c(-c2ccccc2)[nH+]c2sc3c(C(=O)c4ccccc4)cc(N)nc3c2c1-c1ccccc1. The summed E-state index contributed by atoms with van der Waals surface area (Å²) in [6, 6.07) is 32.8. The van der Waals surface area contributed by atoms with Crippen LogP contribution in [0.1, 0.15) is 21.5 Å². The number of nitriles is 1. The molecule has 0 atom stereocenters. The van der Waals surface area contributed by atoms with Crippen molar-refractivity contribution >= 4 is 43.4 Å². The number of thiophene rings is 1. The summed E-state index contributed by atoms with van der Waals surface area (Å²) in [5.74, 6) is 0.137. The Morgan fingerprint density at radius 1 is 0.889 bits per heavy atom. The monoisotopic (exact) mass is 483 g/mol. The number of hydrogen-bond acceptors (Lipinski definition) is 5. The molecule has 0 spiro atoms. The zero-order valence-corrected chi connectivity index (χ0v) is 19.8. The topological polar surface area (TPSA) is 93.9 Å². The van der Waals surface area contributed by atoms with Gasteiger partial charge >= 0.3 is 0 Å². The molecule has 0 radical (unpaired) electrons. The second-order valence-electron chi connectivity index (χ2n) is 8.37. The van der Waals surface area contributed by atoms with Crippen LogP contribution in [0.5, 0.6) is 0 Å². The van der Waals surface area contributed by atoms with Gasteiger partial charge in [-0.3, -0.25) is 4.79 Å². The van der Waals surface area contributed by atoms with Crippen molar-refractivity contribution in [1.29, 1.82) is 5.26 Å². The number of nitrogens with two attached hydrogens (primary N) is 1. The number of rotatable bonds is 4. The Balaban J connectivity index is 1.76. The lowest BCUT2D eigenvalue weighted by molar-refractivity contribution is -0.328. The average Bonchev–Trinajstić information content (AvgIpc) is 3.30. The molecule has 3 aromatic carbocycles. The third-order valence-electron chi connectivity index (χ3n) is 6.17. The van der Waals surface area contributed by atoms with E-state index in [1.54, 1.807) is 18.2 Å². The fourth-order valence-electron chi connectivity index (χ4n) is 4.57. The summed E-state index contributed by atoms with van der Waals surface area (Å²) in [4.78, 5) is 22.5. The summed E-state index contributed by atoms with van der Waals surface area (Å²) in [6.45, 7) is 0. The van der Waals surface area contributed by atoms with E-state index in [0.717, 1.165) is 37.3 Å². The number of aromatic nitrogens is 2. The lowest BCUT2D eigenvalue weighted by Gasteiger charge is -2.08. The van der Waals surface area contributed by atoms with E-state index < -0.39 is 0 Å². The molecule has 0 aliphatic heterocycles. The number of H-pyrrole nitrogens is 1. The third kappa shape index (κ3) is 3.50. The number of hydrogen-bond donors (Lipinski definition) is 1. The molecule has 0 bridgehead atoms. The van der Waals surface area contributed by atoms with E-state index in [0.29, 0.717) is 22.2 Å². The number of benzene rings is 3. The number of fused-ring (bicyclic) bond motifs is 3. The highest BCUT2D eigenvalue weighted by molar-refractivity contribution is 7.25. The lowest BCUT2D eigenvalue weighted by atomic mass is 9.93. The molecule has 6 rings (SSSR count). The second kappa shape index (κ2) is 8.73. The molecule has 0 fully saturated rings. The van der Waals surface area contributed by atoms with Crippen molar-refractivity contribution in [3.8, 4) is 28.5 Å². The molecule has 0 amide bonds. The van der Waals surface area contributed by atoms with Crippen LogP contribution in [0.2, 0.25) is 0 Å². The van der Waals surface area contributed by atoms with Gasteiger partial charge in [0, 0.05) is 22.3 Å². The number of pyridine rings is 2. The van der Waals surface area contributed by atoms with Gasteiger partial charge < -0.3 is 5.73 Å². The molecular formula is C30H19N4OS+. The summed E-state index contributed by atoms with van der Waals surface area (Å²) in [5.41, 5.74) is 11.7. The van der Waals surface area contributed by atoms with Crippen LogP contribution in [0.15, 0.2) is 97.1 Å². The van der Waals surface area contributed by atoms with E-state index >= 15 is 0 Å². The van der Waals surface area contributed by atoms with E-state index in [2.05, 4.69) is 16.0 Å². The first kappa shape index (κ1) is 21.7. The summed E-state index contributed by atoms with van der Waals surface area (Å²) in [6.07, 6.45) is 0. The fraction of sp³-hybridized carbons (Fsp3) is 0. The molecule has 0 aliphatic carbocycles. The largest absolute Gasteiger partial charge is 0.384 e. The first-order valence-electron chi connectivity index (χ1n) is 11.4. The van der Waals surface area contributed by atoms with Gasteiger partial charge in [0.15, 0.2) is 5.78 Å². The Kier molecular flexibility index (Phi) is 5.25. The van der Waals surface area contributed by atoms with Crippen molar-refractivity contribution in [2.45, 2.75) is 0 Å². The highest BCUT2D eigenvalue weighted by Crippen LogP contribution is 2.43. The highest BCUT2D eigenvalue weighted by atomic mass is 32.1. The van der Waals surface area contributed by atoms with Crippen LogP contribution in [0, 0.1) is 11.3 Å². The number of nitrogens with zero attached hydrogens (tertiary/aromatic N) is 2. The second-order valence-corrected chi connectivity index (χ2v) is 9.39. The molecule has 36 heavy (non-hydrogen) atoms. The smallest absolute Gasteiger partial charge is 0.271 e. The molecule has 3 aromatic heterocycles. The number of ketones is 1. The van der Waals surface area contributed by atoms with Crippen LogP contribution in [-0.4, -0.2) is 10.8 Å². The molecule has 0 unspecified atom stereocenters. The number of carbonyl (C=O) groups excluding carboxylic acids is 1. The van der Waals surface area contributed by atoms with E-state index in [4.69, 9.17) is 5.73 Å². The maximum Gasteiger partial charge on any atom is 0.271 e. The standard InChI is InChI=1S/C30H18N4OS/c31-17-22-24(18-10-4-1-5-11-18)25-27-29(36-30(25)34-26(22)19-12-6-2-7-13-19)21(16-23(32)33-27)28(35)20-14-8-3-9-15-20/h1-16H,(H2,32,33)/p+1. The van der Waals surface area contributed by atoms with Gasteiger partial charge in [-0.25, -0.2) is 4.98 Å². The van der Waals surface area contributed by atoms with Gasteiger partial charge in [0.2, 0.25) is 5.69 Å². The van der Waals surface area contributed by atoms with Gasteiger partial charge in [0.25, 0.3) is 4.83 Å². The summed E-state index contributed by atoms with van der Waals surface area (Å²) in [5, 5.41) is 11.2. The van der Waals surface area contributed by atoms with Gasteiger partial charge in [-0.2, -0.15) is 10.2 Å². The molecule has 3 heterocycles. The van der Waals surface area contributed by atoms with Crippen molar-refractivity contribution in [1.82, 2.24) is 4.98 Å². The van der Waals surface area contributed by atoms with Crippen LogP contribution in [0.25, 0.3) is 42.8 Å². The minimum absolute atomic E-state index is 0.119. The van der Waals surface area contributed by atoms with Crippen molar-refractivity contribution in [2.24, 2.45) is 0 Å². The molecule has 0 saturated carbocycles. The van der Waals surface area contributed by atoms with Crippen molar-refractivity contribution in [3.05, 3.63) is 114 Å². The molecule has 0 aliphatic rings. The summed E-state index contributed by atoms with van der Waals surface area (Å²) >= 11 is 1.45. The Hall–Kier alpha value is -4.86. The van der Waals surface area contributed by atoms with Crippen LogP contribution in [0.4, 0.5) is 5.82 Å². The fourth-order valence-corrected chi connectivity index (χ4v) is 5.74. The Morgan fingerprint density at radius 2 is 1.50 bits per heavy atom. The lowest BCUT2D eigenvalue weighted by Crippen LogP contribution is -2.11. The predicted octanol–water partition coefficient (Wildman–Crippen LogP) is 6.28. The summed E-state index contributed by atoms with van der Waals surface area (Å²) < 4.78 is 0.732. The molecule has 6 aromatic rings. The quantitative estimate of drug-likeness (QED) is 0.299. The zero-order valence-electron chi connectivity index (χ0n) is 19.0. The van der Waals surface area contributed by atoms with Crippen LogP contribution >= 0.6 is 11.3 Å². The first-order valence-corrected chi connectivity index (χ1v) is 12.2. The minimum atomic E-state index is -0.119. The number of nitrogens with one attached hydrogen (secondary N) is 1. The Morgan fingerprint density at radius 3 is 2.14 bits per heavy atom. The van der Waals surface area contributed by atoms with Gasteiger partial charge in [-0.15, -0.1) is 0 Å². The highest BCUT2D eigenvalue weighted by Gasteiger charge is 2.29. The van der Waals surface area contributed by atoms with Crippen molar-refractivity contribution in [3.63, 3.8) is 0 Å². The molecular weight excluding hydrogens is 464 g/mol. The normalized spacial score (nSPS) is 11.0. The van der Waals surface area contributed by atoms with Gasteiger partial charge in [-0.05, 0) is 23.8 Å². The van der Waals surface area contributed by atoms with E-state index in [-0.39, 0.29) is 11.6 Å². The predicted molar refractivity (Wildman–Crippen MR) is 144 cm³/mol. The number of aromatic amines is 1. The molecule has 5 nitrogen and oxygen atoms in total. The van der Waals surface area contributed by atoms with Crippen molar-refractivity contribution in [2.75, 3.05) is 5.73 Å². The summed E-state index contributed by atoms with van der Waals surface area (Å²) in [7, 11) is 0. The van der Waals surface area contributed by atoms with E-state index in [1.165, 1.54) is 11.3 Å². The Labute approximate surface area is 211 Å². The van der Waals surface area contributed by atoms with E-state index in [1.807, 2.05) is 78.9 Å². The Bertz CT molecular complexity index is 1810. The van der Waals surface area contributed by atoms with E-state index in [9.17, 15) is 10.1 Å². The minimum Gasteiger partial charge on any atom is -0.384 e. The van der Waals surface area contributed by atoms with Gasteiger partial charge in [-0.1, -0.05) is 90.2 Å². The average molecular weight is 484 g/mol. The van der Waals surface area contributed by atoms with Crippen molar-refractivity contribution < 1.29 is 9.78 Å². The van der Waals surface area contributed by atoms with Gasteiger partial charge in [0.05, 0.1) is 15.6 Å². The number of nitrogen functional groups attached to an aromatic ring is 1.